The summed E-state index contributed by atoms with van der Waals surface area (Å²) in [6, 6.07) is 11.9. The summed E-state index contributed by atoms with van der Waals surface area (Å²) in [5.74, 6) is -0.548. The highest BCUT2D eigenvalue weighted by molar-refractivity contribution is 7.94. The summed E-state index contributed by atoms with van der Waals surface area (Å²) in [6.07, 6.45) is 0. The quantitative estimate of drug-likeness (QED) is 0.615. The molecule has 2 aromatic heterocycles. The zero-order valence-electron chi connectivity index (χ0n) is 12.8. The number of aromatic amines is 1. The lowest BCUT2D eigenvalue weighted by Gasteiger charge is -2.05. The fraction of sp³-hybridized carbons (Fsp3) is 0.0625. The van der Waals surface area contributed by atoms with Crippen molar-refractivity contribution in [2.45, 2.75) is 10.8 Å². The number of sulfonamides is 1. The van der Waals surface area contributed by atoms with Gasteiger partial charge in [-0.25, -0.2) is 12.8 Å². The van der Waals surface area contributed by atoms with E-state index in [0.717, 1.165) is 16.9 Å². The Balaban J connectivity index is 1.62. The second-order valence-corrected chi connectivity index (χ2v) is 7.99. The Labute approximate surface area is 147 Å². The molecule has 0 bridgehead atoms. The van der Waals surface area contributed by atoms with Crippen molar-refractivity contribution >= 4 is 33.1 Å². The number of thiophene rings is 1. The van der Waals surface area contributed by atoms with E-state index in [1.54, 1.807) is 23.6 Å². The Bertz CT molecular complexity index is 964. The van der Waals surface area contributed by atoms with Crippen molar-refractivity contribution in [3.05, 3.63) is 71.0 Å². The van der Waals surface area contributed by atoms with Gasteiger partial charge in [-0.2, -0.15) is 0 Å². The van der Waals surface area contributed by atoms with Crippen molar-refractivity contribution in [3.63, 3.8) is 0 Å². The van der Waals surface area contributed by atoms with Gasteiger partial charge in [0.05, 0.1) is 0 Å². The van der Waals surface area contributed by atoms with E-state index in [4.69, 9.17) is 0 Å². The minimum atomic E-state index is -3.67. The monoisotopic (exact) mass is 379 g/mol. The van der Waals surface area contributed by atoms with E-state index in [0.29, 0.717) is 0 Å². The first-order chi connectivity index (χ1) is 11.9. The summed E-state index contributed by atoms with van der Waals surface area (Å²) in [5, 5.41) is 4.33. The van der Waals surface area contributed by atoms with Gasteiger partial charge in [-0.05, 0) is 41.3 Å². The standard InChI is InChI=1S/C16H14FN3O3S2/c17-12-5-3-11(4-6-12)10-18-16(21)13-7-8-14(19-13)20-25(22,23)15-2-1-9-24-15/h1-9,19-20H,10H2,(H,18,21). The van der Waals surface area contributed by atoms with E-state index < -0.39 is 15.9 Å². The predicted octanol–water partition coefficient (Wildman–Crippen LogP) is 2.95. The summed E-state index contributed by atoms with van der Waals surface area (Å²) in [6.45, 7) is 0.231. The molecule has 2 heterocycles. The minimum absolute atomic E-state index is 0.185. The minimum Gasteiger partial charge on any atom is -0.347 e. The number of amides is 1. The van der Waals surface area contributed by atoms with Gasteiger partial charge < -0.3 is 10.3 Å². The van der Waals surface area contributed by atoms with E-state index >= 15 is 0 Å². The molecule has 0 aliphatic carbocycles. The number of carbonyl (C=O) groups excluding carboxylic acids is 1. The summed E-state index contributed by atoms with van der Waals surface area (Å²) in [4.78, 5) is 14.8. The molecule has 3 rings (SSSR count). The Kier molecular flexibility index (Phi) is 4.86. The Hall–Kier alpha value is -2.65. The van der Waals surface area contributed by atoms with Gasteiger partial charge in [0.25, 0.3) is 15.9 Å². The molecule has 0 unspecified atom stereocenters. The molecule has 0 fully saturated rings. The zero-order chi connectivity index (χ0) is 17.9. The van der Waals surface area contributed by atoms with Gasteiger partial charge in [0.2, 0.25) is 0 Å². The number of anilines is 1. The third-order valence-corrected chi connectivity index (χ3v) is 6.06. The highest BCUT2D eigenvalue weighted by Crippen LogP contribution is 2.19. The summed E-state index contributed by atoms with van der Waals surface area (Å²) in [7, 11) is -3.67. The second kappa shape index (κ2) is 7.08. The van der Waals surface area contributed by atoms with Crippen LogP contribution in [0.5, 0.6) is 0 Å². The highest BCUT2D eigenvalue weighted by atomic mass is 32.2. The molecule has 1 amide bonds. The molecule has 0 aliphatic heterocycles. The smallest absolute Gasteiger partial charge is 0.272 e. The molecule has 0 atom stereocenters. The van der Waals surface area contributed by atoms with Gasteiger partial charge in [-0.1, -0.05) is 18.2 Å². The highest BCUT2D eigenvalue weighted by Gasteiger charge is 2.17. The lowest BCUT2D eigenvalue weighted by atomic mass is 10.2. The average Bonchev–Trinajstić information content (AvgIpc) is 3.25. The van der Waals surface area contributed by atoms with E-state index in [9.17, 15) is 17.6 Å². The van der Waals surface area contributed by atoms with Crippen LogP contribution in [-0.2, 0) is 16.6 Å². The van der Waals surface area contributed by atoms with Crippen LogP contribution in [0.15, 0.2) is 58.1 Å². The number of aromatic nitrogens is 1. The Morgan fingerprint density at radius 2 is 1.88 bits per heavy atom. The molecular formula is C16H14FN3O3S2. The predicted molar refractivity (Wildman–Crippen MR) is 93.5 cm³/mol. The molecule has 25 heavy (non-hydrogen) atoms. The number of halogens is 1. The fourth-order valence-electron chi connectivity index (χ4n) is 2.08. The van der Waals surface area contributed by atoms with Crippen LogP contribution in [0, 0.1) is 5.82 Å². The molecule has 0 saturated carbocycles. The molecule has 0 spiro atoms. The van der Waals surface area contributed by atoms with Gasteiger partial charge in [-0.15, -0.1) is 11.3 Å². The summed E-state index contributed by atoms with van der Waals surface area (Å²) >= 11 is 1.10. The SMILES string of the molecule is O=C(NCc1ccc(F)cc1)c1ccc(NS(=O)(=O)c2cccs2)[nH]1. The van der Waals surface area contributed by atoms with Gasteiger partial charge in [-0.3, -0.25) is 9.52 Å². The Morgan fingerprint density at radius 1 is 1.12 bits per heavy atom. The van der Waals surface area contributed by atoms with Gasteiger partial charge in [0.15, 0.2) is 0 Å². The first-order valence-corrected chi connectivity index (χ1v) is 9.58. The van der Waals surface area contributed by atoms with E-state index in [-0.39, 0.29) is 28.1 Å². The number of hydrogen-bond donors (Lipinski definition) is 3. The van der Waals surface area contributed by atoms with E-state index in [1.165, 1.54) is 30.3 Å². The van der Waals surface area contributed by atoms with Crippen LogP contribution < -0.4 is 10.0 Å². The second-order valence-electron chi connectivity index (χ2n) is 5.13. The molecule has 3 aromatic rings. The number of H-pyrrole nitrogens is 1. The van der Waals surface area contributed by atoms with Gasteiger partial charge in [0.1, 0.15) is 21.5 Å². The topological polar surface area (TPSA) is 91.1 Å². The molecule has 9 heteroatoms. The summed E-state index contributed by atoms with van der Waals surface area (Å²) in [5.41, 5.74) is 0.964. The normalized spacial score (nSPS) is 11.2. The van der Waals surface area contributed by atoms with Crippen molar-refractivity contribution in [1.29, 1.82) is 0 Å². The van der Waals surface area contributed by atoms with Crippen LogP contribution in [0.1, 0.15) is 16.1 Å². The number of rotatable bonds is 6. The van der Waals surface area contributed by atoms with E-state index in [2.05, 4.69) is 15.0 Å². The first kappa shape index (κ1) is 17.2. The van der Waals surface area contributed by atoms with Crippen LogP contribution in [0.2, 0.25) is 0 Å². The molecule has 0 saturated heterocycles. The number of hydrogen-bond acceptors (Lipinski definition) is 4. The van der Waals surface area contributed by atoms with Gasteiger partial charge >= 0.3 is 0 Å². The van der Waals surface area contributed by atoms with Gasteiger partial charge in [0, 0.05) is 6.54 Å². The van der Waals surface area contributed by atoms with Crippen LogP contribution in [-0.4, -0.2) is 19.3 Å². The van der Waals surface area contributed by atoms with Crippen LogP contribution in [0.3, 0.4) is 0 Å². The van der Waals surface area contributed by atoms with Crippen molar-refractivity contribution in [1.82, 2.24) is 10.3 Å². The lowest BCUT2D eigenvalue weighted by Crippen LogP contribution is -2.23. The third-order valence-electron chi connectivity index (χ3n) is 3.30. The fourth-order valence-corrected chi connectivity index (χ4v) is 4.09. The maximum absolute atomic E-state index is 12.8. The maximum Gasteiger partial charge on any atom is 0.272 e. The molecular weight excluding hydrogens is 365 g/mol. The van der Waals surface area contributed by atoms with Crippen LogP contribution >= 0.6 is 11.3 Å². The van der Waals surface area contributed by atoms with Crippen LogP contribution in [0.25, 0.3) is 0 Å². The lowest BCUT2D eigenvalue weighted by molar-refractivity contribution is 0.0946. The average molecular weight is 379 g/mol. The first-order valence-electron chi connectivity index (χ1n) is 7.22. The summed E-state index contributed by atoms with van der Waals surface area (Å²) < 4.78 is 39.7. The molecule has 3 N–H and O–H groups in total. The molecule has 1 aromatic carbocycles. The largest absolute Gasteiger partial charge is 0.347 e. The number of benzene rings is 1. The number of nitrogens with one attached hydrogen (secondary N) is 3. The van der Waals surface area contributed by atoms with Crippen LogP contribution in [0.4, 0.5) is 10.2 Å². The number of carbonyl (C=O) groups is 1. The van der Waals surface area contributed by atoms with Crippen molar-refractivity contribution < 1.29 is 17.6 Å². The van der Waals surface area contributed by atoms with Crippen molar-refractivity contribution in [3.8, 4) is 0 Å². The molecule has 0 aliphatic rings. The molecule has 130 valence electrons. The van der Waals surface area contributed by atoms with E-state index in [1.807, 2.05) is 0 Å². The molecule has 0 radical (unpaired) electrons. The maximum atomic E-state index is 12.8. The Morgan fingerprint density at radius 3 is 2.56 bits per heavy atom. The molecule has 6 nitrogen and oxygen atoms in total. The zero-order valence-corrected chi connectivity index (χ0v) is 14.5. The van der Waals surface area contributed by atoms with Crippen molar-refractivity contribution in [2.75, 3.05) is 4.72 Å². The van der Waals surface area contributed by atoms with Crippen molar-refractivity contribution in [2.24, 2.45) is 0 Å². The third kappa shape index (κ3) is 4.25.